The van der Waals surface area contributed by atoms with Crippen LogP contribution in [-0.2, 0) is 27.5 Å². The summed E-state index contributed by atoms with van der Waals surface area (Å²) in [6, 6.07) is 20.5. The van der Waals surface area contributed by atoms with Crippen LogP contribution in [0.25, 0.3) is 28.0 Å². The zero-order valence-corrected chi connectivity index (χ0v) is 25.4. The second-order valence-electron chi connectivity index (χ2n) is 11.0. The maximum absolute atomic E-state index is 13.8. The molecule has 0 radical (unpaired) electrons. The van der Waals surface area contributed by atoms with Gasteiger partial charge in [-0.3, -0.25) is 9.69 Å². The van der Waals surface area contributed by atoms with Crippen LogP contribution in [0.5, 0.6) is 0 Å². The normalized spacial score (nSPS) is 14.9. The number of carbonyl (C=O) groups is 1. The second-order valence-corrected chi connectivity index (χ2v) is 13.0. The monoisotopic (exact) mass is 651 g/mol. The molecular formula is C33H29F4N5O3S. The number of anilines is 1. The van der Waals surface area contributed by atoms with Crippen LogP contribution in [0, 0.1) is 5.82 Å². The SMILES string of the molecule is CC(=O)Nc1ccc(S(=O)(=O)N2CCN(Cc3c(-c4ccc(F)cc4)nc4ccc(-c5cccc(C(F)(F)F)c5)cn34)CC2)cc1. The molecule has 0 spiro atoms. The van der Waals surface area contributed by atoms with E-state index < -0.39 is 27.6 Å². The number of halogens is 4. The van der Waals surface area contributed by atoms with Gasteiger partial charge in [-0.05, 0) is 83.9 Å². The average Bonchev–Trinajstić information content (AvgIpc) is 3.38. The molecule has 1 amide bonds. The lowest BCUT2D eigenvalue weighted by atomic mass is 10.0. The zero-order chi connectivity index (χ0) is 32.6. The molecule has 3 heterocycles. The van der Waals surface area contributed by atoms with E-state index in [2.05, 4.69) is 10.2 Å². The Labute approximate surface area is 263 Å². The first kappa shape index (κ1) is 31.4. The summed E-state index contributed by atoms with van der Waals surface area (Å²) in [6.07, 6.45) is -2.74. The fourth-order valence-corrected chi connectivity index (χ4v) is 6.95. The largest absolute Gasteiger partial charge is 0.416 e. The molecule has 238 valence electrons. The van der Waals surface area contributed by atoms with Crippen LogP contribution in [0.15, 0.2) is 96.0 Å². The summed E-state index contributed by atoms with van der Waals surface area (Å²) >= 11 is 0. The molecule has 6 rings (SSSR count). The molecule has 0 bridgehead atoms. The van der Waals surface area contributed by atoms with Crippen LogP contribution in [0.4, 0.5) is 23.2 Å². The summed E-state index contributed by atoms with van der Waals surface area (Å²) in [7, 11) is -3.77. The number of nitrogens with zero attached hydrogens (tertiary/aromatic N) is 4. The first-order valence-corrected chi connectivity index (χ1v) is 15.9. The van der Waals surface area contributed by atoms with Crippen LogP contribution in [0.2, 0.25) is 0 Å². The van der Waals surface area contributed by atoms with Gasteiger partial charge in [0.2, 0.25) is 15.9 Å². The highest BCUT2D eigenvalue weighted by Gasteiger charge is 2.31. The Bertz CT molecular complexity index is 2000. The molecule has 1 aliphatic rings. The number of imidazole rings is 1. The maximum atomic E-state index is 13.8. The summed E-state index contributed by atoms with van der Waals surface area (Å²) in [6.45, 7) is 3.01. The van der Waals surface area contributed by atoms with E-state index in [0.29, 0.717) is 53.4 Å². The van der Waals surface area contributed by atoms with Crippen molar-refractivity contribution in [3.63, 3.8) is 0 Å². The van der Waals surface area contributed by atoms with Crippen LogP contribution in [0.1, 0.15) is 18.2 Å². The van der Waals surface area contributed by atoms with Gasteiger partial charge in [-0.1, -0.05) is 12.1 Å². The van der Waals surface area contributed by atoms with E-state index in [-0.39, 0.29) is 23.9 Å². The van der Waals surface area contributed by atoms with Crippen molar-refractivity contribution in [2.75, 3.05) is 31.5 Å². The number of aromatic nitrogens is 2. The Hall–Kier alpha value is -4.59. The minimum absolute atomic E-state index is 0.123. The molecule has 1 aliphatic heterocycles. The number of amides is 1. The van der Waals surface area contributed by atoms with E-state index >= 15 is 0 Å². The molecule has 5 aromatic rings. The Balaban J connectivity index is 1.28. The fourth-order valence-electron chi connectivity index (χ4n) is 5.53. The number of nitrogens with one attached hydrogen (secondary N) is 1. The van der Waals surface area contributed by atoms with Gasteiger partial charge in [0.15, 0.2) is 0 Å². The average molecular weight is 652 g/mol. The van der Waals surface area contributed by atoms with Crippen molar-refractivity contribution in [2.45, 2.75) is 24.5 Å². The van der Waals surface area contributed by atoms with Gasteiger partial charge in [-0.2, -0.15) is 17.5 Å². The van der Waals surface area contributed by atoms with Crippen molar-refractivity contribution in [3.8, 4) is 22.4 Å². The summed E-state index contributed by atoms with van der Waals surface area (Å²) in [4.78, 5) is 18.3. The van der Waals surface area contributed by atoms with Gasteiger partial charge in [0.05, 0.1) is 21.8 Å². The smallest absolute Gasteiger partial charge is 0.326 e. The highest BCUT2D eigenvalue weighted by atomic mass is 32.2. The number of rotatable bonds is 7. The lowest BCUT2D eigenvalue weighted by molar-refractivity contribution is -0.137. The van der Waals surface area contributed by atoms with Gasteiger partial charge >= 0.3 is 6.18 Å². The molecule has 0 saturated carbocycles. The highest BCUT2D eigenvalue weighted by molar-refractivity contribution is 7.89. The van der Waals surface area contributed by atoms with Crippen molar-refractivity contribution in [2.24, 2.45) is 0 Å². The van der Waals surface area contributed by atoms with Gasteiger partial charge in [0, 0.05) is 57.1 Å². The molecule has 0 unspecified atom stereocenters. The minimum atomic E-state index is -4.48. The van der Waals surface area contributed by atoms with Gasteiger partial charge < -0.3 is 9.72 Å². The van der Waals surface area contributed by atoms with Crippen molar-refractivity contribution >= 4 is 27.3 Å². The highest BCUT2D eigenvalue weighted by Crippen LogP contribution is 2.33. The molecule has 0 aliphatic carbocycles. The Morgan fingerprint density at radius 2 is 1.54 bits per heavy atom. The van der Waals surface area contributed by atoms with Crippen molar-refractivity contribution in [1.29, 1.82) is 0 Å². The first-order chi connectivity index (χ1) is 21.9. The minimum Gasteiger partial charge on any atom is -0.326 e. The summed E-state index contributed by atoms with van der Waals surface area (Å²) in [5.41, 5.74) is 3.26. The van der Waals surface area contributed by atoms with Crippen LogP contribution >= 0.6 is 0 Å². The lowest BCUT2D eigenvalue weighted by Crippen LogP contribution is -2.48. The number of carbonyl (C=O) groups excluding carboxylic acids is 1. The molecule has 2 aromatic heterocycles. The molecule has 1 fully saturated rings. The number of fused-ring (bicyclic) bond motifs is 1. The third kappa shape index (κ3) is 6.52. The third-order valence-electron chi connectivity index (χ3n) is 7.88. The number of alkyl halides is 3. The second kappa shape index (κ2) is 12.3. The summed E-state index contributed by atoms with van der Waals surface area (Å²) in [5.74, 6) is -0.657. The molecule has 0 atom stereocenters. The van der Waals surface area contributed by atoms with Crippen molar-refractivity contribution in [3.05, 3.63) is 108 Å². The molecule has 1 N–H and O–H groups in total. The fraction of sp³-hybridized carbons (Fsp3) is 0.212. The van der Waals surface area contributed by atoms with Gasteiger partial charge in [-0.25, -0.2) is 17.8 Å². The van der Waals surface area contributed by atoms with E-state index in [1.165, 1.54) is 41.6 Å². The molecule has 13 heteroatoms. The van der Waals surface area contributed by atoms with Gasteiger partial charge in [0.1, 0.15) is 11.5 Å². The van der Waals surface area contributed by atoms with Gasteiger partial charge in [0.25, 0.3) is 0 Å². The van der Waals surface area contributed by atoms with Crippen molar-refractivity contribution < 1.29 is 30.8 Å². The topological polar surface area (TPSA) is 87.0 Å². The summed E-state index contributed by atoms with van der Waals surface area (Å²) in [5, 5.41) is 2.62. The quantitative estimate of drug-likeness (QED) is 0.209. The van der Waals surface area contributed by atoms with Gasteiger partial charge in [-0.15, -0.1) is 0 Å². The number of hydrogen-bond acceptors (Lipinski definition) is 5. The number of piperazine rings is 1. The van der Waals surface area contributed by atoms with Crippen LogP contribution in [0.3, 0.4) is 0 Å². The standard InChI is InChI=1S/C33H29F4N5O3S/c1-22(43)38-28-10-12-29(13-11-28)46(44,45)41-17-15-40(16-18-41)21-30-32(23-5-8-27(34)9-6-23)39-31-14-7-25(20-42(30)31)24-3-2-4-26(19-24)33(35,36)37/h2-14,19-20H,15-18,21H2,1H3,(H,38,43). The Kier molecular flexibility index (Phi) is 8.40. The maximum Gasteiger partial charge on any atom is 0.416 e. The van der Waals surface area contributed by atoms with E-state index in [9.17, 15) is 30.8 Å². The predicted octanol–water partition coefficient (Wildman–Crippen LogP) is 6.29. The molecule has 46 heavy (non-hydrogen) atoms. The molecule has 3 aromatic carbocycles. The van der Waals surface area contributed by atoms with Crippen LogP contribution < -0.4 is 5.32 Å². The van der Waals surface area contributed by atoms with E-state index in [1.54, 1.807) is 48.7 Å². The number of benzene rings is 3. The van der Waals surface area contributed by atoms with E-state index in [0.717, 1.165) is 17.8 Å². The predicted molar refractivity (Wildman–Crippen MR) is 166 cm³/mol. The number of sulfonamides is 1. The lowest BCUT2D eigenvalue weighted by Gasteiger charge is -2.34. The van der Waals surface area contributed by atoms with Crippen molar-refractivity contribution in [1.82, 2.24) is 18.6 Å². The molecular weight excluding hydrogens is 622 g/mol. The molecule has 1 saturated heterocycles. The van der Waals surface area contributed by atoms with E-state index in [1.807, 2.05) is 4.40 Å². The third-order valence-corrected chi connectivity index (χ3v) is 9.79. The number of pyridine rings is 1. The Morgan fingerprint density at radius 1 is 0.870 bits per heavy atom. The number of hydrogen-bond donors (Lipinski definition) is 1. The zero-order valence-electron chi connectivity index (χ0n) is 24.6. The first-order valence-electron chi connectivity index (χ1n) is 14.4. The molecule has 8 nitrogen and oxygen atoms in total. The Morgan fingerprint density at radius 3 is 2.20 bits per heavy atom. The van der Waals surface area contributed by atoms with Crippen LogP contribution in [-0.4, -0.2) is 59.1 Å². The summed E-state index contributed by atoms with van der Waals surface area (Å²) < 4.78 is 84.0. The van der Waals surface area contributed by atoms with E-state index in [4.69, 9.17) is 4.98 Å².